The molecule has 0 atom stereocenters. The lowest BCUT2D eigenvalue weighted by Crippen LogP contribution is -2.47. The zero-order valence-corrected chi connectivity index (χ0v) is 11.7. The topological polar surface area (TPSA) is 58.3 Å². The van der Waals surface area contributed by atoms with Gasteiger partial charge >= 0.3 is 0 Å². The smallest absolute Gasteiger partial charge is 0.128 e. The first-order valence-corrected chi connectivity index (χ1v) is 6.86. The summed E-state index contributed by atoms with van der Waals surface area (Å²) in [6, 6.07) is 8.08. The van der Waals surface area contributed by atoms with Crippen molar-refractivity contribution >= 4 is 17.3 Å². The lowest BCUT2D eigenvalue weighted by Gasteiger charge is -2.36. The van der Waals surface area contributed by atoms with E-state index in [2.05, 4.69) is 38.8 Å². The third-order valence-corrected chi connectivity index (χ3v) is 3.59. The average molecular weight is 269 g/mol. The SMILES string of the molecule is Cc1ccc(N2CCN(c3ccc(N)cn3)CC2)nc1. The Morgan fingerprint density at radius 1 is 0.850 bits per heavy atom. The molecule has 2 aromatic heterocycles. The molecule has 20 heavy (non-hydrogen) atoms. The number of hydrogen-bond acceptors (Lipinski definition) is 5. The third kappa shape index (κ3) is 2.66. The molecule has 0 radical (unpaired) electrons. The second-order valence-electron chi connectivity index (χ2n) is 5.12. The first-order chi connectivity index (χ1) is 9.72. The van der Waals surface area contributed by atoms with Crippen molar-refractivity contribution in [2.75, 3.05) is 41.7 Å². The molecule has 0 bridgehead atoms. The van der Waals surface area contributed by atoms with E-state index in [1.165, 1.54) is 5.56 Å². The molecule has 1 saturated heterocycles. The predicted molar refractivity (Wildman–Crippen MR) is 82.0 cm³/mol. The van der Waals surface area contributed by atoms with Gasteiger partial charge in [0.2, 0.25) is 0 Å². The molecular formula is C15H19N5. The summed E-state index contributed by atoms with van der Waals surface area (Å²) in [5, 5.41) is 0. The molecule has 0 saturated carbocycles. The van der Waals surface area contributed by atoms with Gasteiger partial charge in [-0.05, 0) is 30.7 Å². The predicted octanol–water partition coefficient (Wildman–Crippen LogP) is 1.69. The molecule has 0 unspecified atom stereocenters. The molecule has 5 nitrogen and oxygen atoms in total. The Labute approximate surface area is 119 Å². The minimum absolute atomic E-state index is 0.705. The van der Waals surface area contributed by atoms with Crippen molar-refractivity contribution in [3.05, 3.63) is 42.2 Å². The maximum absolute atomic E-state index is 5.67. The van der Waals surface area contributed by atoms with E-state index in [4.69, 9.17) is 5.73 Å². The Balaban J connectivity index is 1.64. The number of nitrogens with zero attached hydrogens (tertiary/aromatic N) is 4. The Hall–Kier alpha value is -2.30. The summed E-state index contributed by atoms with van der Waals surface area (Å²) < 4.78 is 0. The van der Waals surface area contributed by atoms with E-state index in [9.17, 15) is 0 Å². The van der Waals surface area contributed by atoms with Crippen LogP contribution in [-0.2, 0) is 0 Å². The van der Waals surface area contributed by atoms with E-state index < -0.39 is 0 Å². The number of hydrogen-bond donors (Lipinski definition) is 1. The van der Waals surface area contributed by atoms with E-state index in [1.54, 1.807) is 6.20 Å². The summed E-state index contributed by atoms with van der Waals surface area (Å²) in [6.07, 6.45) is 3.63. The molecule has 2 aromatic rings. The maximum atomic E-state index is 5.67. The molecule has 1 fully saturated rings. The Kier molecular flexibility index (Phi) is 3.41. The Bertz CT molecular complexity index is 502. The zero-order chi connectivity index (χ0) is 13.9. The molecule has 2 N–H and O–H groups in total. The van der Waals surface area contributed by atoms with Gasteiger partial charge in [0.15, 0.2) is 0 Å². The van der Waals surface area contributed by atoms with Gasteiger partial charge in [-0.25, -0.2) is 9.97 Å². The Morgan fingerprint density at radius 2 is 1.40 bits per heavy atom. The molecule has 3 heterocycles. The van der Waals surface area contributed by atoms with Crippen LogP contribution in [0, 0.1) is 6.92 Å². The van der Waals surface area contributed by atoms with Crippen LogP contribution in [0.25, 0.3) is 0 Å². The van der Waals surface area contributed by atoms with E-state index in [1.807, 2.05) is 18.3 Å². The zero-order valence-electron chi connectivity index (χ0n) is 11.7. The molecule has 3 rings (SSSR count). The number of nitrogen functional groups attached to an aromatic ring is 1. The number of pyridine rings is 2. The van der Waals surface area contributed by atoms with E-state index in [-0.39, 0.29) is 0 Å². The third-order valence-electron chi connectivity index (χ3n) is 3.59. The maximum Gasteiger partial charge on any atom is 0.128 e. The molecule has 0 aromatic carbocycles. The highest BCUT2D eigenvalue weighted by atomic mass is 15.3. The van der Waals surface area contributed by atoms with E-state index in [0.29, 0.717) is 5.69 Å². The van der Waals surface area contributed by atoms with Crippen LogP contribution in [-0.4, -0.2) is 36.1 Å². The van der Waals surface area contributed by atoms with Crippen molar-refractivity contribution in [2.24, 2.45) is 0 Å². The number of aryl methyl sites for hydroxylation is 1. The molecule has 1 aliphatic heterocycles. The van der Waals surface area contributed by atoms with Gasteiger partial charge in [0, 0.05) is 32.4 Å². The normalized spacial score (nSPS) is 15.4. The second kappa shape index (κ2) is 5.36. The highest BCUT2D eigenvalue weighted by molar-refractivity contribution is 5.48. The number of piperazine rings is 1. The van der Waals surface area contributed by atoms with Crippen LogP contribution in [0.5, 0.6) is 0 Å². The number of rotatable bonds is 2. The van der Waals surface area contributed by atoms with Crippen LogP contribution in [0.2, 0.25) is 0 Å². The summed E-state index contributed by atoms with van der Waals surface area (Å²) in [4.78, 5) is 13.5. The monoisotopic (exact) mass is 269 g/mol. The summed E-state index contributed by atoms with van der Waals surface area (Å²) >= 11 is 0. The minimum Gasteiger partial charge on any atom is -0.397 e. The lowest BCUT2D eigenvalue weighted by atomic mass is 10.2. The summed E-state index contributed by atoms with van der Waals surface area (Å²) in [6.45, 7) is 5.88. The van der Waals surface area contributed by atoms with Crippen molar-refractivity contribution in [3.8, 4) is 0 Å². The molecule has 5 heteroatoms. The lowest BCUT2D eigenvalue weighted by molar-refractivity contribution is 0.641. The second-order valence-corrected chi connectivity index (χ2v) is 5.12. The van der Waals surface area contributed by atoms with Crippen LogP contribution in [0.15, 0.2) is 36.7 Å². The van der Waals surface area contributed by atoms with Crippen LogP contribution in [0.4, 0.5) is 17.3 Å². The number of nitrogens with two attached hydrogens (primary N) is 1. The van der Waals surface area contributed by atoms with Crippen molar-refractivity contribution in [2.45, 2.75) is 6.92 Å². The van der Waals surface area contributed by atoms with E-state index >= 15 is 0 Å². The first-order valence-electron chi connectivity index (χ1n) is 6.86. The summed E-state index contributed by atoms with van der Waals surface area (Å²) in [5.74, 6) is 2.05. The molecular weight excluding hydrogens is 250 g/mol. The Morgan fingerprint density at radius 3 is 1.85 bits per heavy atom. The summed E-state index contributed by atoms with van der Waals surface area (Å²) in [7, 11) is 0. The number of aromatic nitrogens is 2. The average Bonchev–Trinajstić information content (AvgIpc) is 2.49. The van der Waals surface area contributed by atoms with Crippen LogP contribution >= 0.6 is 0 Å². The van der Waals surface area contributed by atoms with Crippen molar-refractivity contribution in [3.63, 3.8) is 0 Å². The molecule has 0 spiro atoms. The van der Waals surface area contributed by atoms with Gasteiger partial charge in [-0.3, -0.25) is 0 Å². The van der Waals surface area contributed by atoms with Gasteiger partial charge in [0.1, 0.15) is 11.6 Å². The number of anilines is 3. The highest BCUT2D eigenvalue weighted by Gasteiger charge is 2.18. The largest absolute Gasteiger partial charge is 0.397 e. The van der Waals surface area contributed by atoms with Crippen LogP contribution in [0.3, 0.4) is 0 Å². The van der Waals surface area contributed by atoms with Gasteiger partial charge in [0.25, 0.3) is 0 Å². The van der Waals surface area contributed by atoms with Gasteiger partial charge < -0.3 is 15.5 Å². The van der Waals surface area contributed by atoms with Crippen molar-refractivity contribution in [1.29, 1.82) is 0 Å². The van der Waals surface area contributed by atoms with Crippen LogP contribution in [0.1, 0.15) is 5.56 Å². The fourth-order valence-electron chi connectivity index (χ4n) is 2.40. The van der Waals surface area contributed by atoms with Gasteiger partial charge in [-0.2, -0.15) is 0 Å². The van der Waals surface area contributed by atoms with E-state index in [0.717, 1.165) is 37.8 Å². The van der Waals surface area contributed by atoms with Gasteiger partial charge in [-0.15, -0.1) is 0 Å². The quantitative estimate of drug-likeness (QED) is 0.899. The molecule has 1 aliphatic rings. The molecule has 104 valence electrons. The van der Waals surface area contributed by atoms with Crippen LogP contribution < -0.4 is 15.5 Å². The highest BCUT2D eigenvalue weighted by Crippen LogP contribution is 2.18. The van der Waals surface area contributed by atoms with Crippen molar-refractivity contribution in [1.82, 2.24) is 9.97 Å². The molecule has 0 aliphatic carbocycles. The first kappa shape index (κ1) is 12.7. The standard InChI is InChI=1S/C15H19N5/c1-12-2-4-14(17-10-12)19-6-8-20(9-7-19)15-5-3-13(16)11-18-15/h2-5,10-11H,6-9,16H2,1H3. The van der Waals surface area contributed by atoms with Crippen molar-refractivity contribution < 1.29 is 0 Å². The summed E-state index contributed by atoms with van der Waals surface area (Å²) in [5.41, 5.74) is 7.57. The molecule has 0 amide bonds. The van der Waals surface area contributed by atoms with Gasteiger partial charge in [-0.1, -0.05) is 6.07 Å². The van der Waals surface area contributed by atoms with Gasteiger partial charge in [0.05, 0.1) is 11.9 Å². The fraction of sp³-hybridized carbons (Fsp3) is 0.333. The minimum atomic E-state index is 0.705. The fourth-order valence-corrected chi connectivity index (χ4v) is 2.40.